The molecule has 5 rings (SSSR count). The number of carbonyl (C=O) groups excluding carboxylic acids is 1. The van der Waals surface area contributed by atoms with E-state index in [1.807, 2.05) is 65.6 Å². The minimum absolute atomic E-state index is 0.0252. The van der Waals surface area contributed by atoms with Crippen LogP contribution in [0.5, 0.6) is 0 Å². The first-order valence-corrected chi connectivity index (χ1v) is 10.2. The molecule has 0 saturated carbocycles. The summed E-state index contributed by atoms with van der Waals surface area (Å²) in [7, 11) is 0. The molecular formula is C24H24N2O3. The number of fused-ring (bicyclic) bond motifs is 3. The van der Waals surface area contributed by atoms with E-state index in [4.69, 9.17) is 4.74 Å². The van der Waals surface area contributed by atoms with E-state index in [2.05, 4.69) is 4.98 Å². The van der Waals surface area contributed by atoms with Gasteiger partial charge in [-0.25, -0.2) is 4.79 Å². The van der Waals surface area contributed by atoms with Crippen LogP contribution >= 0.6 is 0 Å². The number of amides is 1. The van der Waals surface area contributed by atoms with E-state index in [0.29, 0.717) is 12.8 Å². The molecule has 2 atom stereocenters. The number of piperidine rings is 1. The van der Waals surface area contributed by atoms with Crippen molar-refractivity contribution >= 4 is 16.9 Å². The Morgan fingerprint density at radius 1 is 1.03 bits per heavy atom. The zero-order chi connectivity index (χ0) is 19.8. The monoisotopic (exact) mass is 388 g/mol. The SMILES string of the molecule is O=C(OCc1ccccc1)N1C2CCC1CC(O)(c1nccc3ccccc13)C2. The maximum atomic E-state index is 12.8. The average Bonchev–Trinajstić information content (AvgIpc) is 3.04. The van der Waals surface area contributed by atoms with Gasteiger partial charge in [-0.2, -0.15) is 0 Å². The first-order valence-electron chi connectivity index (χ1n) is 10.2. The summed E-state index contributed by atoms with van der Waals surface area (Å²) in [5.41, 5.74) is 0.676. The largest absolute Gasteiger partial charge is 0.445 e. The minimum atomic E-state index is -1.02. The summed E-state index contributed by atoms with van der Waals surface area (Å²) < 4.78 is 5.58. The molecule has 2 bridgehead atoms. The van der Waals surface area contributed by atoms with Crippen molar-refractivity contribution in [2.24, 2.45) is 0 Å². The fourth-order valence-corrected chi connectivity index (χ4v) is 5.00. The van der Waals surface area contributed by atoms with Gasteiger partial charge >= 0.3 is 6.09 Å². The third-order valence-electron chi connectivity index (χ3n) is 6.30. The van der Waals surface area contributed by atoms with Crippen LogP contribution in [0, 0.1) is 0 Å². The number of ether oxygens (including phenoxy) is 1. The smallest absolute Gasteiger partial charge is 0.410 e. The molecule has 0 aliphatic carbocycles. The van der Waals surface area contributed by atoms with Gasteiger partial charge < -0.3 is 14.7 Å². The van der Waals surface area contributed by atoms with Crippen LogP contribution in [0.25, 0.3) is 10.8 Å². The number of hydrogen-bond acceptors (Lipinski definition) is 4. The highest BCUT2D eigenvalue weighted by Crippen LogP contribution is 2.46. The second-order valence-corrected chi connectivity index (χ2v) is 8.15. The van der Waals surface area contributed by atoms with E-state index in [-0.39, 0.29) is 24.8 Å². The van der Waals surface area contributed by atoms with Crippen LogP contribution in [0.3, 0.4) is 0 Å². The van der Waals surface area contributed by atoms with Crippen molar-refractivity contribution in [2.75, 3.05) is 0 Å². The first-order chi connectivity index (χ1) is 14.1. The van der Waals surface area contributed by atoms with Gasteiger partial charge in [0.25, 0.3) is 0 Å². The number of aliphatic hydroxyl groups is 1. The van der Waals surface area contributed by atoms with E-state index < -0.39 is 5.60 Å². The zero-order valence-corrected chi connectivity index (χ0v) is 16.2. The van der Waals surface area contributed by atoms with E-state index in [9.17, 15) is 9.90 Å². The summed E-state index contributed by atoms with van der Waals surface area (Å²) in [6.45, 7) is 0.269. The summed E-state index contributed by atoms with van der Waals surface area (Å²) >= 11 is 0. The van der Waals surface area contributed by atoms with Crippen LogP contribution in [-0.4, -0.2) is 33.2 Å². The lowest BCUT2D eigenvalue weighted by molar-refractivity contribution is -0.0553. The normalized spacial score (nSPS) is 25.9. The lowest BCUT2D eigenvalue weighted by Gasteiger charge is -2.43. The standard InChI is InChI=1S/C24H24N2O3/c27-23(29-16-17-6-2-1-3-7-17)26-19-10-11-20(26)15-24(28,14-19)22-21-9-5-4-8-18(21)12-13-25-22/h1-9,12-13,19-20,28H,10-11,14-16H2. The van der Waals surface area contributed by atoms with Gasteiger partial charge in [-0.3, -0.25) is 4.98 Å². The quantitative estimate of drug-likeness (QED) is 0.723. The van der Waals surface area contributed by atoms with Crippen LogP contribution in [0.4, 0.5) is 4.79 Å². The van der Waals surface area contributed by atoms with Gasteiger partial charge in [0.1, 0.15) is 12.2 Å². The maximum absolute atomic E-state index is 12.8. The molecule has 5 nitrogen and oxygen atoms in total. The highest BCUT2D eigenvalue weighted by atomic mass is 16.6. The molecule has 3 aromatic rings. The van der Waals surface area contributed by atoms with Crippen molar-refractivity contribution in [2.45, 2.75) is 50.0 Å². The third kappa shape index (κ3) is 3.25. The highest BCUT2D eigenvalue weighted by molar-refractivity contribution is 5.85. The number of pyridine rings is 1. The van der Waals surface area contributed by atoms with E-state index in [1.165, 1.54) is 0 Å². The Balaban J connectivity index is 1.36. The highest BCUT2D eigenvalue weighted by Gasteiger charge is 2.51. The molecule has 1 N–H and O–H groups in total. The molecule has 5 heteroatoms. The second-order valence-electron chi connectivity index (χ2n) is 8.15. The summed E-state index contributed by atoms with van der Waals surface area (Å²) in [5.74, 6) is 0. The third-order valence-corrected chi connectivity index (χ3v) is 6.30. The summed E-state index contributed by atoms with van der Waals surface area (Å²) in [6, 6.07) is 19.6. The molecule has 148 valence electrons. The van der Waals surface area contributed by atoms with E-state index >= 15 is 0 Å². The average molecular weight is 388 g/mol. The van der Waals surface area contributed by atoms with Crippen LogP contribution in [0.2, 0.25) is 0 Å². The van der Waals surface area contributed by atoms with Crippen molar-refractivity contribution in [3.63, 3.8) is 0 Å². The topological polar surface area (TPSA) is 62.7 Å². The van der Waals surface area contributed by atoms with E-state index in [0.717, 1.165) is 34.9 Å². The van der Waals surface area contributed by atoms with Gasteiger partial charge in [0.15, 0.2) is 0 Å². The molecule has 29 heavy (non-hydrogen) atoms. The molecule has 2 aliphatic rings. The lowest BCUT2D eigenvalue weighted by Crippen LogP contribution is -2.52. The van der Waals surface area contributed by atoms with Gasteiger partial charge in [-0.1, -0.05) is 54.6 Å². The fraction of sp³-hybridized carbons (Fsp3) is 0.333. The van der Waals surface area contributed by atoms with Crippen LogP contribution in [-0.2, 0) is 16.9 Å². The number of rotatable bonds is 3. The Labute approximate surface area is 169 Å². The number of hydrogen-bond donors (Lipinski definition) is 1. The Bertz CT molecular complexity index is 1020. The summed E-state index contributed by atoms with van der Waals surface area (Å²) in [6.07, 6.45) is 4.24. The molecule has 0 spiro atoms. The Kier molecular flexibility index (Phi) is 4.47. The predicted octanol–water partition coefficient (Wildman–Crippen LogP) is 4.39. The molecule has 2 aromatic carbocycles. The van der Waals surface area contributed by atoms with Crippen molar-refractivity contribution in [3.05, 3.63) is 78.1 Å². The molecule has 2 unspecified atom stereocenters. The minimum Gasteiger partial charge on any atom is -0.445 e. The van der Waals surface area contributed by atoms with Crippen LogP contribution in [0.1, 0.15) is 36.9 Å². The number of aromatic nitrogens is 1. The molecule has 2 aliphatic heterocycles. The zero-order valence-electron chi connectivity index (χ0n) is 16.2. The first kappa shape index (κ1) is 18.1. The Morgan fingerprint density at radius 3 is 2.48 bits per heavy atom. The molecule has 0 radical (unpaired) electrons. The molecule has 2 fully saturated rings. The summed E-state index contributed by atoms with van der Waals surface area (Å²) in [4.78, 5) is 19.2. The van der Waals surface area contributed by atoms with Gasteiger partial charge in [0.05, 0.1) is 5.69 Å². The van der Waals surface area contributed by atoms with Crippen LogP contribution < -0.4 is 0 Å². The molecule has 3 heterocycles. The second kappa shape index (κ2) is 7.16. The van der Waals surface area contributed by atoms with Gasteiger partial charge in [-0.15, -0.1) is 0 Å². The van der Waals surface area contributed by atoms with Crippen molar-refractivity contribution in [1.29, 1.82) is 0 Å². The Morgan fingerprint density at radius 2 is 1.72 bits per heavy atom. The van der Waals surface area contributed by atoms with Crippen molar-refractivity contribution < 1.29 is 14.6 Å². The summed E-state index contributed by atoms with van der Waals surface area (Å²) in [5, 5.41) is 13.6. The van der Waals surface area contributed by atoms with Crippen LogP contribution in [0.15, 0.2) is 66.9 Å². The number of carbonyl (C=O) groups is 1. The molecule has 1 amide bonds. The predicted molar refractivity (Wildman–Crippen MR) is 110 cm³/mol. The molecule has 2 saturated heterocycles. The van der Waals surface area contributed by atoms with Gasteiger partial charge in [0, 0.05) is 36.5 Å². The number of benzene rings is 2. The fourth-order valence-electron chi connectivity index (χ4n) is 5.00. The molecule has 1 aromatic heterocycles. The maximum Gasteiger partial charge on any atom is 0.410 e. The lowest BCUT2D eigenvalue weighted by atomic mass is 9.81. The van der Waals surface area contributed by atoms with Crippen molar-refractivity contribution in [3.8, 4) is 0 Å². The Hall–Kier alpha value is -2.92. The van der Waals surface area contributed by atoms with Gasteiger partial charge in [0.2, 0.25) is 0 Å². The van der Waals surface area contributed by atoms with Gasteiger partial charge in [-0.05, 0) is 29.9 Å². The molecular weight excluding hydrogens is 364 g/mol. The van der Waals surface area contributed by atoms with Crippen molar-refractivity contribution in [1.82, 2.24) is 9.88 Å². The number of nitrogens with zero attached hydrogens (tertiary/aromatic N) is 2. The van der Waals surface area contributed by atoms with E-state index in [1.54, 1.807) is 6.20 Å².